The van der Waals surface area contributed by atoms with Crippen molar-refractivity contribution in [1.82, 2.24) is 10.2 Å². The number of anilines is 1. The quantitative estimate of drug-likeness (QED) is 0.939. The molecular formula is C11H10ClN3O3S. The van der Waals surface area contributed by atoms with E-state index in [9.17, 15) is 4.79 Å². The molecule has 100 valence electrons. The van der Waals surface area contributed by atoms with Gasteiger partial charge in [-0.3, -0.25) is 5.32 Å². The third kappa shape index (κ3) is 4.08. The molecule has 8 heteroatoms. The summed E-state index contributed by atoms with van der Waals surface area (Å²) in [6, 6.07) is 7.00. The lowest BCUT2D eigenvalue weighted by atomic mass is 10.3. The van der Waals surface area contributed by atoms with Crippen molar-refractivity contribution in [3.63, 3.8) is 0 Å². The number of ether oxygens (including phenoxy) is 2. The van der Waals surface area contributed by atoms with Crippen LogP contribution in [0, 0.1) is 0 Å². The minimum Gasteiger partial charge on any atom is -0.486 e. The van der Waals surface area contributed by atoms with Gasteiger partial charge in [0.2, 0.25) is 5.13 Å². The fraction of sp³-hybridized carbons (Fsp3) is 0.182. The van der Waals surface area contributed by atoms with Crippen molar-refractivity contribution in [2.24, 2.45) is 0 Å². The monoisotopic (exact) mass is 299 g/mol. The van der Waals surface area contributed by atoms with Crippen LogP contribution >= 0.6 is 22.9 Å². The molecule has 1 amide bonds. The summed E-state index contributed by atoms with van der Waals surface area (Å²) in [7, 11) is 1.28. The number of amides is 1. The lowest BCUT2D eigenvalue weighted by Gasteiger charge is -2.02. The highest BCUT2D eigenvalue weighted by Crippen LogP contribution is 2.19. The zero-order valence-corrected chi connectivity index (χ0v) is 11.5. The molecule has 19 heavy (non-hydrogen) atoms. The Morgan fingerprint density at radius 1 is 1.37 bits per heavy atom. The van der Waals surface area contributed by atoms with Crippen molar-refractivity contribution < 1.29 is 14.3 Å². The van der Waals surface area contributed by atoms with E-state index < -0.39 is 6.09 Å². The fourth-order valence-electron chi connectivity index (χ4n) is 1.18. The van der Waals surface area contributed by atoms with Crippen LogP contribution in [0.2, 0.25) is 5.02 Å². The normalized spacial score (nSPS) is 10.0. The maximum Gasteiger partial charge on any atom is 0.413 e. The molecule has 1 N–H and O–H groups in total. The van der Waals surface area contributed by atoms with Crippen LogP contribution in [0.15, 0.2) is 24.3 Å². The SMILES string of the molecule is COC(=O)Nc1nnc(COc2ccc(Cl)cc2)s1. The molecule has 0 bridgehead atoms. The van der Waals surface area contributed by atoms with E-state index in [4.69, 9.17) is 16.3 Å². The van der Waals surface area contributed by atoms with E-state index in [1.165, 1.54) is 18.4 Å². The molecule has 2 rings (SSSR count). The second kappa shape index (κ2) is 6.35. The largest absolute Gasteiger partial charge is 0.486 e. The number of rotatable bonds is 4. The summed E-state index contributed by atoms with van der Waals surface area (Å²) in [5.41, 5.74) is 0. The maximum absolute atomic E-state index is 11.0. The molecule has 0 spiro atoms. The van der Waals surface area contributed by atoms with Gasteiger partial charge in [-0.1, -0.05) is 22.9 Å². The number of hydrogen-bond donors (Lipinski definition) is 1. The van der Waals surface area contributed by atoms with Gasteiger partial charge in [-0.05, 0) is 24.3 Å². The van der Waals surface area contributed by atoms with Gasteiger partial charge in [0.15, 0.2) is 5.01 Å². The van der Waals surface area contributed by atoms with Gasteiger partial charge in [0, 0.05) is 5.02 Å². The first-order chi connectivity index (χ1) is 9.17. The Morgan fingerprint density at radius 3 is 2.79 bits per heavy atom. The van der Waals surface area contributed by atoms with E-state index in [0.717, 1.165) is 0 Å². The van der Waals surface area contributed by atoms with Gasteiger partial charge in [-0.25, -0.2) is 4.79 Å². The topological polar surface area (TPSA) is 73.3 Å². The first kappa shape index (κ1) is 13.6. The predicted octanol–water partition coefficient (Wildman–Crippen LogP) is 2.95. The van der Waals surface area contributed by atoms with Gasteiger partial charge in [0.1, 0.15) is 12.4 Å². The summed E-state index contributed by atoms with van der Waals surface area (Å²) in [6.45, 7) is 0.266. The minimum atomic E-state index is -0.582. The van der Waals surface area contributed by atoms with Gasteiger partial charge < -0.3 is 9.47 Å². The van der Waals surface area contributed by atoms with E-state index in [1.807, 2.05) is 0 Å². The zero-order chi connectivity index (χ0) is 13.7. The number of hydrogen-bond acceptors (Lipinski definition) is 6. The number of benzene rings is 1. The Balaban J connectivity index is 1.89. The summed E-state index contributed by atoms with van der Waals surface area (Å²) in [4.78, 5) is 11.0. The van der Waals surface area contributed by atoms with Crippen LogP contribution < -0.4 is 10.1 Å². The lowest BCUT2D eigenvalue weighted by Crippen LogP contribution is -2.10. The third-order valence-electron chi connectivity index (χ3n) is 2.04. The molecule has 0 atom stereocenters. The Kier molecular flexibility index (Phi) is 4.53. The van der Waals surface area contributed by atoms with Crippen molar-refractivity contribution in [2.75, 3.05) is 12.4 Å². The standard InChI is InChI=1S/C11H10ClN3O3S/c1-17-11(16)13-10-15-14-9(19-10)6-18-8-4-2-7(12)3-5-8/h2-5H,6H2,1H3,(H,13,15,16). The van der Waals surface area contributed by atoms with E-state index in [1.54, 1.807) is 24.3 Å². The van der Waals surface area contributed by atoms with Gasteiger partial charge in [0.25, 0.3) is 0 Å². The molecule has 6 nitrogen and oxygen atoms in total. The highest BCUT2D eigenvalue weighted by Gasteiger charge is 2.08. The molecule has 0 aliphatic rings. The molecule has 0 saturated carbocycles. The highest BCUT2D eigenvalue weighted by molar-refractivity contribution is 7.15. The van der Waals surface area contributed by atoms with Gasteiger partial charge in [-0.15, -0.1) is 10.2 Å². The summed E-state index contributed by atoms with van der Waals surface area (Å²) < 4.78 is 9.95. The average Bonchev–Trinajstić information content (AvgIpc) is 2.85. The van der Waals surface area contributed by atoms with Crippen LogP contribution in [0.1, 0.15) is 5.01 Å². The van der Waals surface area contributed by atoms with Crippen LogP contribution in [0.5, 0.6) is 5.75 Å². The highest BCUT2D eigenvalue weighted by atomic mass is 35.5. The zero-order valence-electron chi connectivity index (χ0n) is 9.92. The molecule has 0 unspecified atom stereocenters. The van der Waals surface area contributed by atoms with Gasteiger partial charge in [0.05, 0.1) is 7.11 Å². The Morgan fingerprint density at radius 2 is 2.11 bits per heavy atom. The molecule has 1 aromatic carbocycles. The Hall–Kier alpha value is -1.86. The van der Waals surface area contributed by atoms with E-state index in [0.29, 0.717) is 20.9 Å². The third-order valence-corrected chi connectivity index (χ3v) is 3.10. The number of carbonyl (C=O) groups excluding carboxylic acids is 1. The summed E-state index contributed by atoms with van der Waals surface area (Å²) in [5, 5.41) is 11.7. The van der Waals surface area contributed by atoms with E-state index in [-0.39, 0.29) is 6.61 Å². The number of methoxy groups -OCH3 is 1. The predicted molar refractivity (Wildman–Crippen MR) is 71.7 cm³/mol. The Bertz CT molecular complexity index is 559. The molecule has 0 saturated heterocycles. The summed E-state index contributed by atoms with van der Waals surface area (Å²) in [6.07, 6.45) is -0.582. The molecule has 0 radical (unpaired) electrons. The smallest absolute Gasteiger partial charge is 0.413 e. The molecule has 1 aromatic heterocycles. The van der Waals surface area contributed by atoms with Crippen molar-refractivity contribution in [3.8, 4) is 5.75 Å². The second-order valence-corrected chi connectivity index (χ2v) is 4.86. The molecule has 0 fully saturated rings. The molecule has 2 aromatic rings. The van der Waals surface area contributed by atoms with E-state index in [2.05, 4.69) is 20.3 Å². The first-order valence-corrected chi connectivity index (χ1v) is 6.42. The minimum absolute atomic E-state index is 0.266. The second-order valence-electron chi connectivity index (χ2n) is 3.36. The molecular weight excluding hydrogens is 290 g/mol. The van der Waals surface area contributed by atoms with Crippen molar-refractivity contribution in [1.29, 1.82) is 0 Å². The number of nitrogens with zero attached hydrogens (tertiary/aromatic N) is 2. The van der Waals surface area contributed by atoms with Crippen molar-refractivity contribution in [3.05, 3.63) is 34.3 Å². The molecule has 0 aliphatic carbocycles. The average molecular weight is 300 g/mol. The molecule has 1 heterocycles. The van der Waals surface area contributed by atoms with Crippen LogP contribution in [0.25, 0.3) is 0 Å². The van der Waals surface area contributed by atoms with Crippen molar-refractivity contribution >= 4 is 34.2 Å². The maximum atomic E-state index is 11.0. The van der Waals surface area contributed by atoms with Crippen LogP contribution in [0.3, 0.4) is 0 Å². The first-order valence-electron chi connectivity index (χ1n) is 5.23. The fourth-order valence-corrected chi connectivity index (χ4v) is 1.94. The summed E-state index contributed by atoms with van der Waals surface area (Å²) >= 11 is 6.98. The van der Waals surface area contributed by atoms with Crippen LogP contribution in [0.4, 0.5) is 9.93 Å². The van der Waals surface area contributed by atoms with E-state index >= 15 is 0 Å². The number of aromatic nitrogens is 2. The number of halogens is 1. The molecule has 0 aliphatic heterocycles. The Labute approximate surface area is 118 Å². The lowest BCUT2D eigenvalue weighted by molar-refractivity contribution is 0.187. The van der Waals surface area contributed by atoms with Crippen LogP contribution in [-0.4, -0.2) is 23.4 Å². The van der Waals surface area contributed by atoms with Gasteiger partial charge >= 0.3 is 6.09 Å². The number of nitrogens with one attached hydrogen (secondary N) is 1. The van der Waals surface area contributed by atoms with Crippen LogP contribution in [-0.2, 0) is 11.3 Å². The van der Waals surface area contributed by atoms with Crippen molar-refractivity contribution in [2.45, 2.75) is 6.61 Å². The number of carbonyl (C=O) groups is 1. The summed E-state index contributed by atoms with van der Waals surface area (Å²) in [5.74, 6) is 0.682. The van der Waals surface area contributed by atoms with Gasteiger partial charge in [-0.2, -0.15) is 0 Å².